The minimum absolute atomic E-state index is 0.495. The van der Waals surface area contributed by atoms with Crippen molar-refractivity contribution in [3.05, 3.63) is 89.5 Å². The van der Waals surface area contributed by atoms with Gasteiger partial charge in [-0.15, -0.1) is 0 Å². The summed E-state index contributed by atoms with van der Waals surface area (Å²) in [7, 11) is -4.38. The maximum Gasteiger partial charge on any atom is 0.171 e. The molecule has 0 spiro atoms. The zero-order valence-electron chi connectivity index (χ0n) is 12.8. The Morgan fingerprint density at radius 2 is 0.615 bits per heavy atom. The normalized spacial score (nSPS) is 11.6. The lowest BCUT2D eigenvalue weighted by Crippen LogP contribution is -2.27. The van der Waals surface area contributed by atoms with Crippen LogP contribution in [-0.4, -0.2) is 0 Å². The highest BCUT2D eigenvalue weighted by Crippen LogP contribution is 2.43. The molecular weight excluding hydrogens is 377 g/mol. The predicted molar refractivity (Wildman–Crippen MR) is 85.6 cm³/mol. The monoisotopic (exact) mass is 386 g/mol. The van der Waals surface area contributed by atoms with E-state index < -0.39 is 58.0 Å². The van der Waals surface area contributed by atoms with E-state index in [-0.39, 0.29) is 0 Å². The lowest BCUT2D eigenvalue weighted by molar-refractivity contribution is 0.576. The summed E-state index contributed by atoms with van der Waals surface area (Å²) >= 11 is 0. The molecule has 0 unspecified atom stereocenters. The fraction of sp³-hybridized carbons (Fsp3) is 0. The van der Waals surface area contributed by atoms with Crippen LogP contribution in [0.15, 0.2) is 54.6 Å². The van der Waals surface area contributed by atoms with Crippen LogP contribution >= 0.6 is 7.14 Å². The van der Waals surface area contributed by atoms with Gasteiger partial charge in [-0.25, -0.2) is 26.3 Å². The molecule has 3 rings (SSSR count). The van der Waals surface area contributed by atoms with Crippen LogP contribution in [0.2, 0.25) is 0 Å². The highest BCUT2D eigenvalue weighted by molar-refractivity contribution is 7.85. The third-order valence-corrected chi connectivity index (χ3v) is 6.59. The molecule has 3 aromatic carbocycles. The van der Waals surface area contributed by atoms with Crippen molar-refractivity contribution in [3.8, 4) is 0 Å². The van der Waals surface area contributed by atoms with E-state index in [1.165, 1.54) is 0 Å². The van der Waals surface area contributed by atoms with E-state index in [0.29, 0.717) is 54.6 Å². The van der Waals surface area contributed by atoms with E-state index in [1.807, 2.05) is 0 Å². The van der Waals surface area contributed by atoms with Gasteiger partial charge in [0.1, 0.15) is 34.9 Å². The standard InChI is InChI=1S/C18H9F6OP/c19-10-1-11(20)5-16(4-10)26(25,17-6-12(21)2-13(22)7-17)18-8-14(23)3-15(24)9-18/h1-9H. The van der Waals surface area contributed by atoms with Crippen LogP contribution in [0.3, 0.4) is 0 Å². The summed E-state index contributed by atoms with van der Waals surface area (Å²) in [6.45, 7) is 0. The van der Waals surface area contributed by atoms with Crippen molar-refractivity contribution < 1.29 is 30.9 Å². The second kappa shape index (κ2) is 6.65. The zero-order valence-corrected chi connectivity index (χ0v) is 13.7. The Bertz CT molecular complexity index is 857. The van der Waals surface area contributed by atoms with Gasteiger partial charge in [0.2, 0.25) is 0 Å². The van der Waals surface area contributed by atoms with E-state index in [1.54, 1.807) is 0 Å². The lowest BCUT2D eigenvalue weighted by Gasteiger charge is -2.20. The summed E-state index contributed by atoms with van der Waals surface area (Å²) in [5, 5.41) is -1.49. The molecule has 0 aliphatic rings. The first kappa shape index (κ1) is 18.3. The maximum absolute atomic E-state index is 13.7. The summed E-state index contributed by atoms with van der Waals surface area (Å²) in [5.41, 5.74) is 0. The van der Waals surface area contributed by atoms with Gasteiger partial charge in [-0.3, -0.25) is 0 Å². The molecule has 3 aromatic rings. The third-order valence-electron chi connectivity index (χ3n) is 3.63. The third kappa shape index (κ3) is 3.40. The van der Waals surface area contributed by atoms with Crippen molar-refractivity contribution in [2.75, 3.05) is 0 Å². The molecule has 26 heavy (non-hydrogen) atoms. The Balaban J connectivity index is 2.40. The van der Waals surface area contributed by atoms with Crippen LogP contribution in [0.25, 0.3) is 0 Å². The molecule has 0 bridgehead atoms. The SMILES string of the molecule is O=P(c1cc(F)cc(F)c1)(c1cc(F)cc(F)c1)c1cc(F)cc(F)c1. The molecule has 1 nitrogen and oxygen atoms in total. The van der Waals surface area contributed by atoms with Gasteiger partial charge in [-0.2, -0.15) is 0 Å². The molecular formula is C18H9F6OP. The Hall–Kier alpha value is -2.53. The summed E-state index contributed by atoms with van der Waals surface area (Å²) < 4.78 is 95.6. The summed E-state index contributed by atoms with van der Waals surface area (Å²) in [4.78, 5) is 0. The van der Waals surface area contributed by atoms with Crippen LogP contribution in [-0.2, 0) is 4.57 Å². The quantitative estimate of drug-likeness (QED) is 0.488. The molecule has 0 amide bonds. The van der Waals surface area contributed by atoms with Gasteiger partial charge in [-0.05, 0) is 36.4 Å². The molecule has 0 saturated carbocycles. The van der Waals surface area contributed by atoms with E-state index in [4.69, 9.17) is 0 Å². The van der Waals surface area contributed by atoms with E-state index in [0.717, 1.165) is 0 Å². The van der Waals surface area contributed by atoms with Crippen LogP contribution in [0.4, 0.5) is 26.3 Å². The Kier molecular flexibility index (Phi) is 4.67. The van der Waals surface area contributed by atoms with E-state index in [9.17, 15) is 30.9 Å². The number of halogens is 6. The van der Waals surface area contributed by atoms with Crippen molar-refractivity contribution >= 4 is 23.1 Å². The molecule has 0 radical (unpaired) electrons. The predicted octanol–water partition coefficient (Wildman–Crippen LogP) is 4.16. The van der Waals surface area contributed by atoms with Gasteiger partial charge in [0, 0.05) is 34.1 Å². The number of hydrogen-bond acceptors (Lipinski definition) is 1. The van der Waals surface area contributed by atoms with Gasteiger partial charge in [0.15, 0.2) is 7.14 Å². The number of benzene rings is 3. The highest BCUT2D eigenvalue weighted by atomic mass is 31.2. The molecule has 134 valence electrons. The molecule has 0 heterocycles. The molecule has 8 heteroatoms. The first-order valence-electron chi connectivity index (χ1n) is 7.18. The first-order valence-corrected chi connectivity index (χ1v) is 8.89. The van der Waals surface area contributed by atoms with Crippen LogP contribution in [0.1, 0.15) is 0 Å². The van der Waals surface area contributed by atoms with Gasteiger partial charge in [-0.1, -0.05) is 0 Å². The summed E-state index contributed by atoms with van der Waals surface area (Å²) in [6, 6.07) is 5.66. The topological polar surface area (TPSA) is 17.1 Å². The fourth-order valence-corrected chi connectivity index (χ4v) is 5.34. The largest absolute Gasteiger partial charge is 0.309 e. The van der Waals surface area contributed by atoms with Crippen molar-refractivity contribution in [2.45, 2.75) is 0 Å². The smallest absolute Gasteiger partial charge is 0.171 e. The molecule has 0 atom stereocenters. The summed E-state index contributed by atoms with van der Waals surface area (Å²) in [6.07, 6.45) is 0. The summed E-state index contributed by atoms with van der Waals surface area (Å²) in [5.74, 6) is -6.62. The number of hydrogen-bond donors (Lipinski definition) is 0. The molecule has 0 saturated heterocycles. The minimum atomic E-state index is -4.38. The van der Waals surface area contributed by atoms with Gasteiger partial charge in [0.25, 0.3) is 0 Å². The van der Waals surface area contributed by atoms with Crippen molar-refractivity contribution in [3.63, 3.8) is 0 Å². The Morgan fingerprint density at radius 3 is 0.808 bits per heavy atom. The first-order chi connectivity index (χ1) is 12.2. The second-order valence-corrected chi connectivity index (χ2v) is 8.26. The van der Waals surface area contributed by atoms with E-state index >= 15 is 0 Å². The van der Waals surface area contributed by atoms with Gasteiger partial charge >= 0.3 is 0 Å². The highest BCUT2D eigenvalue weighted by Gasteiger charge is 2.33. The van der Waals surface area contributed by atoms with E-state index in [2.05, 4.69) is 0 Å². The van der Waals surface area contributed by atoms with Crippen LogP contribution < -0.4 is 15.9 Å². The lowest BCUT2D eigenvalue weighted by atomic mass is 10.3. The minimum Gasteiger partial charge on any atom is -0.309 e. The van der Waals surface area contributed by atoms with Crippen molar-refractivity contribution in [1.29, 1.82) is 0 Å². The van der Waals surface area contributed by atoms with Gasteiger partial charge in [0.05, 0.1) is 0 Å². The zero-order chi connectivity index (χ0) is 19.1. The fourth-order valence-electron chi connectivity index (χ4n) is 2.61. The molecule has 0 aromatic heterocycles. The van der Waals surface area contributed by atoms with Crippen molar-refractivity contribution in [2.24, 2.45) is 0 Å². The molecule has 0 aliphatic heterocycles. The van der Waals surface area contributed by atoms with Crippen LogP contribution in [0, 0.1) is 34.9 Å². The average Bonchev–Trinajstić information content (AvgIpc) is 2.51. The molecule has 0 fully saturated rings. The Morgan fingerprint density at radius 1 is 0.423 bits per heavy atom. The molecule has 0 N–H and O–H groups in total. The van der Waals surface area contributed by atoms with Crippen LogP contribution in [0.5, 0.6) is 0 Å². The second-order valence-electron chi connectivity index (χ2n) is 5.49. The molecule has 0 aliphatic carbocycles. The number of rotatable bonds is 3. The Labute approximate surface area is 144 Å². The van der Waals surface area contributed by atoms with Gasteiger partial charge < -0.3 is 4.57 Å². The van der Waals surface area contributed by atoms with Crippen molar-refractivity contribution in [1.82, 2.24) is 0 Å². The maximum atomic E-state index is 13.7. The average molecular weight is 386 g/mol.